The molecule has 0 aromatic heterocycles. The Balaban J connectivity index is 1.99. The molecule has 128 valence electrons. The topological polar surface area (TPSA) is 84.5 Å². The molecule has 2 aromatic carbocycles. The Kier molecular flexibility index (Phi) is 6.50. The third-order valence-electron chi connectivity index (χ3n) is 3.70. The van der Waals surface area contributed by atoms with Crippen molar-refractivity contribution in [1.82, 2.24) is 0 Å². The fraction of sp³-hybridized carbons (Fsp3) is 0.263. The van der Waals surface area contributed by atoms with E-state index >= 15 is 0 Å². The minimum Gasteiger partial charge on any atom is -0.493 e. The van der Waals surface area contributed by atoms with E-state index in [1.54, 1.807) is 38.9 Å². The molecule has 0 aliphatic rings. The summed E-state index contributed by atoms with van der Waals surface area (Å²) in [6, 6.07) is 11.0. The highest BCUT2D eigenvalue weighted by atomic mass is 16.5. The fourth-order valence-electron chi connectivity index (χ4n) is 2.50. The van der Waals surface area contributed by atoms with Gasteiger partial charge in [0.05, 0.1) is 14.2 Å². The molecule has 0 saturated carbocycles. The van der Waals surface area contributed by atoms with E-state index in [1.807, 2.05) is 24.3 Å². The molecule has 0 heterocycles. The van der Waals surface area contributed by atoms with Crippen molar-refractivity contribution >= 4 is 0 Å². The Hall–Kier alpha value is -3.38. The lowest BCUT2D eigenvalue weighted by Crippen LogP contribution is -1.95. The summed E-state index contributed by atoms with van der Waals surface area (Å²) in [6.45, 7) is 0. The third-order valence-corrected chi connectivity index (χ3v) is 3.70. The summed E-state index contributed by atoms with van der Waals surface area (Å²) < 4.78 is 20.2. The van der Waals surface area contributed by atoms with Crippen molar-refractivity contribution in [2.75, 3.05) is 14.2 Å². The van der Waals surface area contributed by atoms with Gasteiger partial charge in [-0.05, 0) is 54.7 Å². The molecule has 0 N–H and O–H groups in total. The van der Waals surface area contributed by atoms with Crippen LogP contribution in [-0.2, 0) is 12.8 Å². The number of nitrogens with zero attached hydrogens (tertiary/aromatic N) is 2. The monoisotopic (exact) mass is 338 g/mol. The van der Waals surface area contributed by atoms with Gasteiger partial charge in [0, 0.05) is 0 Å². The van der Waals surface area contributed by atoms with Crippen molar-refractivity contribution < 1.29 is 18.9 Å². The van der Waals surface area contributed by atoms with Crippen LogP contribution in [0.1, 0.15) is 17.5 Å². The van der Waals surface area contributed by atoms with Gasteiger partial charge in [-0.15, -0.1) is 10.5 Å². The lowest BCUT2D eigenvalue weighted by Gasteiger charge is -2.09. The van der Waals surface area contributed by atoms with Crippen molar-refractivity contribution in [1.29, 1.82) is 10.5 Å². The smallest absolute Gasteiger partial charge is 0.292 e. The van der Waals surface area contributed by atoms with Crippen molar-refractivity contribution in [3.8, 4) is 35.5 Å². The van der Waals surface area contributed by atoms with E-state index in [2.05, 4.69) is 0 Å². The highest BCUT2D eigenvalue weighted by molar-refractivity contribution is 5.44. The van der Waals surface area contributed by atoms with E-state index < -0.39 is 0 Å². The van der Waals surface area contributed by atoms with Gasteiger partial charge in [0.25, 0.3) is 12.5 Å². The molecule has 2 aromatic rings. The summed E-state index contributed by atoms with van der Waals surface area (Å²) in [5.41, 5.74) is 2.19. The molecule has 0 aliphatic carbocycles. The lowest BCUT2D eigenvalue weighted by molar-refractivity contribution is 0.383. The zero-order chi connectivity index (χ0) is 18.1. The van der Waals surface area contributed by atoms with Gasteiger partial charge in [0.2, 0.25) is 0 Å². The number of benzene rings is 2. The van der Waals surface area contributed by atoms with Crippen LogP contribution in [0, 0.1) is 23.0 Å². The van der Waals surface area contributed by atoms with Crippen LogP contribution < -0.4 is 18.9 Å². The fourth-order valence-corrected chi connectivity index (χ4v) is 2.50. The predicted molar refractivity (Wildman–Crippen MR) is 90.5 cm³/mol. The Bertz CT molecular complexity index is 739. The second-order valence-corrected chi connectivity index (χ2v) is 5.21. The van der Waals surface area contributed by atoms with Crippen LogP contribution in [0.15, 0.2) is 36.4 Å². The first kappa shape index (κ1) is 18.0. The van der Waals surface area contributed by atoms with Crippen LogP contribution >= 0.6 is 0 Å². The first-order chi connectivity index (χ1) is 12.2. The van der Waals surface area contributed by atoms with E-state index in [0.29, 0.717) is 23.0 Å². The van der Waals surface area contributed by atoms with Gasteiger partial charge in [-0.3, -0.25) is 0 Å². The Morgan fingerprint density at radius 2 is 1.16 bits per heavy atom. The molecular weight excluding hydrogens is 320 g/mol. The number of hydrogen-bond donors (Lipinski definition) is 0. The minimum absolute atomic E-state index is 0.409. The number of nitriles is 2. The van der Waals surface area contributed by atoms with Crippen LogP contribution in [0.2, 0.25) is 0 Å². The standard InChI is InChI=1S/C19H18N2O4/c1-22-18-10-14(6-8-16(18)24-12-20)4-3-5-15-7-9-17(25-13-21)19(11-15)23-2/h6-11H,3-5H2,1-2H3. The molecule has 0 aliphatic heterocycles. The molecule has 0 atom stereocenters. The number of aryl methyl sites for hydroxylation is 2. The van der Waals surface area contributed by atoms with Crippen molar-refractivity contribution in [3.63, 3.8) is 0 Å². The van der Waals surface area contributed by atoms with E-state index in [0.717, 1.165) is 30.4 Å². The van der Waals surface area contributed by atoms with Gasteiger partial charge in [-0.25, -0.2) is 0 Å². The first-order valence-electron chi connectivity index (χ1n) is 7.67. The Labute approximate surface area is 146 Å². The average Bonchev–Trinajstić information content (AvgIpc) is 2.64. The Morgan fingerprint density at radius 3 is 1.52 bits per heavy atom. The maximum atomic E-state index is 8.61. The van der Waals surface area contributed by atoms with Gasteiger partial charge in [0.15, 0.2) is 23.0 Å². The van der Waals surface area contributed by atoms with Gasteiger partial charge >= 0.3 is 0 Å². The summed E-state index contributed by atoms with van der Waals surface area (Å²) in [5, 5.41) is 17.2. The highest BCUT2D eigenvalue weighted by Crippen LogP contribution is 2.30. The largest absolute Gasteiger partial charge is 0.493 e. The second-order valence-electron chi connectivity index (χ2n) is 5.21. The van der Waals surface area contributed by atoms with E-state index in [1.165, 1.54) is 0 Å². The number of rotatable bonds is 8. The van der Waals surface area contributed by atoms with Crippen LogP contribution in [0.3, 0.4) is 0 Å². The van der Waals surface area contributed by atoms with E-state index in [4.69, 9.17) is 29.5 Å². The quantitative estimate of drug-likeness (QED) is 0.684. The average molecular weight is 338 g/mol. The SMILES string of the molecule is COc1cc(CCCc2ccc(OC#N)c(OC)c2)ccc1OC#N. The van der Waals surface area contributed by atoms with Gasteiger partial charge in [-0.2, -0.15) is 0 Å². The molecule has 0 amide bonds. The number of hydrogen-bond acceptors (Lipinski definition) is 6. The minimum atomic E-state index is 0.409. The van der Waals surface area contributed by atoms with E-state index in [-0.39, 0.29) is 0 Å². The molecule has 25 heavy (non-hydrogen) atoms. The first-order valence-corrected chi connectivity index (χ1v) is 7.67. The molecule has 6 heteroatoms. The summed E-state index contributed by atoms with van der Waals surface area (Å²) in [6.07, 6.45) is 5.91. The zero-order valence-electron chi connectivity index (χ0n) is 14.1. The molecule has 0 radical (unpaired) electrons. The Morgan fingerprint density at radius 1 is 0.720 bits per heavy atom. The summed E-state index contributed by atoms with van der Waals surface area (Å²) in [5.74, 6) is 1.90. The predicted octanol–water partition coefficient (Wildman–Crippen LogP) is 3.60. The van der Waals surface area contributed by atoms with Crippen LogP contribution in [0.5, 0.6) is 23.0 Å². The molecule has 0 unspecified atom stereocenters. The molecular formula is C19H18N2O4. The lowest BCUT2D eigenvalue weighted by atomic mass is 10.0. The number of methoxy groups -OCH3 is 2. The summed E-state index contributed by atoms with van der Waals surface area (Å²) in [4.78, 5) is 0. The van der Waals surface area contributed by atoms with Gasteiger partial charge in [-0.1, -0.05) is 12.1 Å². The van der Waals surface area contributed by atoms with Gasteiger partial charge < -0.3 is 18.9 Å². The van der Waals surface area contributed by atoms with Crippen LogP contribution in [0.4, 0.5) is 0 Å². The normalized spacial score (nSPS) is 9.60. The molecule has 0 fully saturated rings. The van der Waals surface area contributed by atoms with Crippen molar-refractivity contribution in [2.45, 2.75) is 19.3 Å². The molecule has 0 spiro atoms. The third kappa shape index (κ3) is 4.79. The van der Waals surface area contributed by atoms with Gasteiger partial charge in [0.1, 0.15) is 0 Å². The second kappa shape index (κ2) is 9.05. The summed E-state index contributed by atoms with van der Waals surface area (Å²) in [7, 11) is 3.08. The summed E-state index contributed by atoms with van der Waals surface area (Å²) >= 11 is 0. The van der Waals surface area contributed by atoms with E-state index in [9.17, 15) is 0 Å². The van der Waals surface area contributed by atoms with Crippen LogP contribution in [-0.4, -0.2) is 14.2 Å². The van der Waals surface area contributed by atoms with Crippen LogP contribution in [0.25, 0.3) is 0 Å². The maximum absolute atomic E-state index is 8.61. The highest BCUT2D eigenvalue weighted by Gasteiger charge is 2.08. The molecule has 0 bridgehead atoms. The molecule has 2 rings (SSSR count). The molecule has 6 nitrogen and oxygen atoms in total. The van der Waals surface area contributed by atoms with Crippen molar-refractivity contribution in [2.24, 2.45) is 0 Å². The number of ether oxygens (including phenoxy) is 4. The zero-order valence-corrected chi connectivity index (χ0v) is 14.1. The molecule has 0 saturated heterocycles. The maximum Gasteiger partial charge on any atom is 0.292 e. The van der Waals surface area contributed by atoms with Crippen molar-refractivity contribution in [3.05, 3.63) is 47.5 Å².